The largest absolute Gasteiger partial charge is 0.469 e. The number of hydrogen-bond acceptors (Lipinski definition) is 4. The molecule has 5 heteroatoms. The van der Waals surface area contributed by atoms with Crippen LogP contribution in [-0.2, 0) is 18.8 Å². The third kappa shape index (κ3) is 6.52. The van der Waals surface area contributed by atoms with Crippen LogP contribution in [0.4, 0.5) is 0 Å². The molecule has 0 bridgehead atoms. The summed E-state index contributed by atoms with van der Waals surface area (Å²) < 4.78 is 11.0. The summed E-state index contributed by atoms with van der Waals surface area (Å²) in [7, 11) is -0.223. The fraction of sp³-hybridized carbons (Fsp3) is 0.789. The third-order valence-electron chi connectivity index (χ3n) is 5.27. The van der Waals surface area contributed by atoms with Gasteiger partial charge in [0, 0.05) is 12.8 Å². The quantitative estimate of drug-likeness (QED) is 0.287. The summed E-state index contributed by atoms with van der Waals surface area (Å²) in [6, 6.07) is 3.36. The summed E-state index contributed by atoms with van der Waals surface area (Å²) in [5.74, 6) is 0.125. The van der Waals surface area contributed by atoms with Gasteiger partial charge in [-0.1, -0.05) is 33.6 Å². The van der Waals surface area contributed by atoms with E-state index in [4.69, 9.17) is 4.43 Å². The molecule has 0 radical (unpaired) electrons. The molecule has 0 amide bonds. The van der Waals surface area contributed by atoms with Gasteiger partial charge < -0.3 is 9.16 Å². The van der Waals surface area contributed by atoms with E-state index in [0.717, 1.165) is 55.8 Å². The van der Waals surface area contributed by atoms with Gasteiger partial charge in [0.15, 0.2) is 14.1 Å². The van der Waals surface area contributed by atoms with Crippen molar-refractivity contribution < 1.29 is 18.8 Å². The monoisotopic (exact) mass is 354 g/mol. The zero-order valence-electron chi connectivity index (χ0n) is 15.9. The normalized spacial score (nSPS) is 17.9. The molecule has 1 unspecified atom stereocenters. The van der Waals surface area contributed by atoms with E-state index in [1.165, 1.54) is 7.11 Å². The molecular formula is C19H34O4Si. The fourth-order valence-electron chi connectivity index (χ4n) is 3.35. The second-order valence-corrected chi connectivity index (χ2v) is 11.4. The molecular weight excluding hydrogens is 320 g/mol. The molecule has 0 saturated heterocycles. The SMILES string of the molecule is CC[Si](CC)(CC)OC1C=C(CCCCCCC(=O)OC)C(=O)C1. The minimum atomic E-state index is -1.65. The molecule has 1 rings (SSSR count). The molecule has 0 spiro atoms. The molecule has 0 fully saturated rings. The number of carbonyl (C=O) groups excluding carboxylic acids is 2. The van der Waals surface area contributed by atoms with Crippen LogP contribution in [0.1, 0.15) is 65.7 Å². The highest BCUT2D eigenvalue weighted by molar-refractivity contribution is 6.73. The van der Waals surface area contributed by atoms with Crippen molar-refractivity contribution in [3.05, 3.63) is 11.6 Å². The summed E-state index contributed by atoms with van der Waals surface area (Å²) in [6.07, 6.45) is 7.89. The van der Waals surface area contributed by atoms with Crippen LogP contribution in [0, 0.1) is 0 Å². The van der Waals surface area contributed by atoms with E-state index in [9.17, 15) is 9.59 Å². The van der Waals surface area contributed by atoms with E-state index in [2.05, 4.69) is 31.6 Å². The Morgan fingerprint density at radius 3 is 2.33 bits per heavy atom. The number of ketones is 1. The molecule has 0 aromatic rings. The topological polar surface area (TPSA) is 52.6 Å². The van der Waals surface area contributed by atoms with Gasteiger partial charge in [-0.25, -0.2) is 0 Å². The molecule has 1 aliphatic carbocycles. The van der Waals surface area contributed by atoms with Crippen molar-refractivity contribution in [3.63, 3.8) is 0 Å². The molecule has 0 aromatic heterocycles. The smallest absolute Gasteiger partial charge is 0.305 e. The van der Waals surface area contributed by atoms with E-state index in [-0.39, 0.29) is 17.9 Å². The maximum atomic E-state index is 12.2. The van der Waals surface area contributed by atoms with E-state index in [1.807, 2.05) is 0 Å². The van der Waals surface area contributed by atoms with E-state index >= 15 is 0 Å². The number of ether oxygens (including phenoxy) is 1. The minimum absolute atomic E-state index is 0.0124. The second-order valence-electron chi connectivity index (χ2n) is 6.71. The fourth-order valence-corrected chi connectivity index (χ4v) is 6.14. The zero-order valence-corrected chi connectivity index (χ0v) is 16.9. The standard InChI is InChI=1S/C19H34O4Si/c1-5-24(6-2,7-3)23-17-14-16(18(20)15-17)12-10-8-9-11-13-19(21)22-4/h14,17H,5-13,15H2,1-4H3. The van der Waals surface area contributed by atoms with Crippen molar-refractivity contribution in [2.75, 3.05) is 7.11 Å². The Hall–Kier alpha value is -0.943. The number of rotatable bonds is 12. The minimum Gasteiger partial charge on any atom is -0.469 e. The zero-order chi connectivity index (χ0) is 18.0. The van der Waals surface area contributed by atoms with E-state index < -0.39 is 8.32 Å². The first kappa shape index (κ1) is 21.1. The molecule has 0 heterocycles. The van der Waals surface area contributed by atoms with Crippen molar-refractivity contribution >= 4 is 20.1 Å². The number of allylic oxidation sites excluding steroid dienone is 1. The van der Waals surface area contributed by atoms with Crippen LogP contribution in [0.2, 0.25) is 18.1 Å². The van der Waals surface area contributed by atoms with Crippen molar-refractivity contribution in [2.24, 2.45) is 0 Å². The van der Waals surface area contributed by atoms with Crippen LogP contribution in [0.25, 0.3) is 0 Å². The first-order chi connectivity index (χ1) is 11.5. The van der Waals surface area contributed by atoms with Crippen molar-refractivity contribution in [2.45, 2.75) is 90.0 Å². The molecule has 1 aliphatic rings. The molecule has 0 aliphatic heterocycles. The number of hydrogen-bond donors (Lipinski definition) is 0. The lowest BCUT2D eigenvalue weighted by Crippen LogP contribution is -2.39. The molecule has 0 N–H and O–H groups in total. The van der Waals surface area contributed by atoms with Gasteiger partial charge in [-0.05, 0) is 49.0 Å². The Kier molecular flexibility index (Phi) is 9.52. The summed E-state index contributed by atoms with van der Waals surface area (Å²) in [4.78, 5) is 23.2. The van der Waals surface area contributed by atoms with Gasteiger partial charge in [0.25, 0.3) is 0 Å². The molecule has 4 nitrogen and oxygen atoms in total. The summed E-state index contributed by atoms with van der Waals surface area (Å²) in [5.41, 5.74) is 0.958. The Morgan fingerprint density at radius 1 is 1.12 bits per heavy atom. The van der Waals surface area contributed by atoms with Crippen LogP contribution in [0.15, 0.2) is 11.6 Å². The number of methoxy groups -OCH3 is 1. The van der Waals surface area contributed by atoms with Gasteiger partial charge in [0.2, 0.25) is 0 Å². The van der Waals surface area contributed by atoms with Crippen molar-refractivity contribution in [3.8, 4) is 0 Å². The maximum Gasteiger partial charge on any atom is 0.305 e. The van der Waals surface area contributed by atoms with Gasteiger partial charge in [-0.15, -0.1) is 0 Å². The van der Waals surface area contributed by atoms with Crippen molar-refractivity contribution in [1.82, 2.24) is 0 Å². The predicted molar refractivity (Wildman–Crippen MR) is 99.5 cm³/mol. The van der Waals surface area contributed by atoms with Gasteiger partial charge in [0.05, 0.1) is 13.2 Å². The Labute approximate surface area is 148 Å². The highest BCUT2D eigenvalue weighted by Gasteiger charge is 2.34. The Balaban J connectivity index is 2.35. The molecule has 24 heavy (non-hydrogen) atoms. The lowest BCUT2D eigenvalue weighted by atomic mass is 10.0. The van der Waals surface area contributed by atoms with Crippen LogP contribution in [0.3, 0.4) is 0 Å². The lowest BCUT2D eigenvalue weighted by molar-refractivity contribution is -0.140. The Bertz CT molecular complexity index is 432. The summed E-state index contributed by atoms with van der Waals surface area (Å²) in [5, 5.41) is 0. The van der Waals surface area contributed by atoms with E-state index in [1.54, 1.807) is 0 Å². The van der Waals surface area contributed by atoms with Crippen LogP contribution >= 0.6 is 0 Å². The molecule has 0 aromatic carbocycles. The van der Waals surface area contributed by atoms with Crippen LogP contribution < -0.4 is 0 Å². The number of carbonyl (C=O) groups is 2. The van der Waals surface area contributed by atoms with Crippen LogP contribution in [-0.4, -0.2) is 33.3 Å². The number of Topliss-reactive ketones (excluding diaryl/α,β-unsaturated/α-hetero) is 1. The first-order valence-corrected chi connectivity index (χ1v) is 12.0. The molecule has 1 atom stereocenters. The average Bonchev–Trinajstić information content (AvgIpc) is 2.94. The Morgan fingerprint density at radius 2 is 1.75 bits per heavy atom. The number of esters is 1. The average molecular weight is 355 g/mol. The highest BCUT2D eigenvalue weighted by Crippen LogP contribution is 2.29. The first-order valence-electron chi connectivity index (χ1n) is 9.48. The highest BCUT2D eigenvalue weighted by atomic mass is 28.4. The van der Waals surface area contributed by atoms with Crippen molar-refractivity contribution in [1.29, 1.82) is 0 Å². The van der Waals surface area contributed by atoms with Gasteiger partial charge in [0.1, 0.15) is 0 Å². The second kappa shape index (κ2) is 10.8. The van der Waals surface area contributed by atoms with Crippen LogP contribution in [0.5, 0.6) is 0 Å². The predicted octanol–water partition coefficient (Wildman–Crippen LogP) is 4.79. The van der Waals surface area contributed by atoms with Gasteiger partial charge in [-0.2, -0.15) is 0 Å². The maximum absolute atomic E-state index is 12.2. The lowest BCUT2D eigenvalue weighted by Gasteiger charge is -2.30. The summed E-state index contributed by atoms with van der Waals surface area (Å²) >= 11 is 0. The molecule has 0 saturated carbocycles. The van der Waals surface area contributed by atoms with E-state index in [0.29, 0.717) is 12.8 Å². The van der Waals surface area contributed by atoms with Gasteiger partial charge in [-0.3, -0.25) is 9.59 Å². The molecule has 138 valence electrons. The third-order valence-corrected chi connectivity index (χ3v) is 9.94. The van der Waals surface area contributed by atoms with Gasteiger partial charge >= 0.3 is 5.97 Å². The number of unbranched alkanes of at least 4 members (excludes halogenated alkanes) is 3. The summed E-state index contributed by atoms with van der Waals surface area (Å²) in [6.45, 7) is 6.65.